The summed E-state index contributed by atoms with van der Waals surface area (Å²) in [5.41, 5.74) is 1.14. The van der Waals surface area contributed by atoms with Gasteiger partial charge in [-0.25, -0.2) is 9.37 Å². The van der Waals surface area contributed by atoms with Crippen molar-refractivity contribution in [3.63, 3.8) is 0 Å². The third-order valence-corrected chi connectivity index (χ3v) is 5.01. The van der Waals surface area contributed by atoms with Gasteiger partial charge in [0.25, 0.3) is 5.56 Å². The Kier molecular flexibility index (Phi) is 6.53. The van der Waals surface area contributed by atoms with Gasteiger partial charge in [-0.05, 0) is 38.0 Å². The fourth-order valence-electron chi connectivity index (χ4n) is 2.75. The van der Waals surface area contributed by atoms with E-state index in [1.165, 1.54) is 34.4 Å². The smallest absolute Gasteiger partial charge is 0.263 e. The van der Waals surface area contributed by atoms with Crippen LogP contribution in [0.5, 0.6) is 0 Å². The first kappa shape index (κ1) is 20.2. The number of benzene rings is 1. The molecule has 8 heteroatoms. The molecule has 0 atom stereocenters. The summed E-state index contributed by atoms with van der Waals surface area (Å²) in [6.07, 6.45) is 2.25. The van der Waals surface area contributed by atoms with Crippen LogP contribution in [0.25, 0.3) is 21.3 Å². The zero-order chi connectivity index (χ0) is 20.1. The van der Waals surface area contributed by atoms with Gasteiger partial charge in [0.2, 0.25) is 5.91 Å². The van der Waals surface area contributed by atoms with E-state index in [9.17, 15) is 14.0 Å². The van der Waals surface area contributed by atoms with Gasteiger partial charge in [0.15, 0.2) is 0 Å². The summed E-state index contributed by atoms with van der Waals surface area (Å²) in [6, 6.07) is 5.95. The van der Waals surface area contributed by atoms with Crippen LogP contribution < -0.4 is 10.9 Å². The number of nitrogens with zero attached hydrogens (tertiary/aromatic N) is 2. The Balaban J connectivity index is 1.73. The van der Waals surface area contributed by atoms with Crippen LogP contribution in [0.4, 0.5) is 4.39 Å². The number of hydrogen-bond acceptors (Lipinski definition) is 5. The molecule has 2 aromatic heterocycles. The normalized spacial score (nSPS) is 11.3. The van der Waals surface area contributed by atoms with Crippen LogP contribution in [0.15, 0.2) is 40.8 Å². The lowest BCUT2D eigenvalue weighted by atomic mass is 10.1. The first-order valence-electron chi connectivity index (χ1n) is 9.06. The average Bonchev–Trinajstić information content (AvgIpc) is 3.09. The Labute approximate surface area is 166 Å². The molecule has 0 aliphatic heterocycles. The maximum atomic E-state index is 13.2. The molecule has 0 radical (unpaired) electrons. The summed E-state index contributed by atoms with van der Waals surface area (Å²) in [7, 11) is 0. The fourth-order valence-corrected chi connectivity index (χ4v) is 3.66. The summed E-state index contributed by atoms with van der Waals surface area (Å²) in [5, 5.41) is 5.05. The zero-order valence-corrected chi connectivity index (χ0v) is 16.6. The van der Waals surface area contributed by atoms with Gasteiger partial charge in [0.05, 0.1) is 17.8 Å². The number of halogens is 1. The molecule has 1 amide bonds. The number of rotatable bonds is 8. The van der Waals surface area contributed by atoms with Crippen molar-refractivity contribution >= 4 is 27.5 Å². The molecule has 28 heavy (non-hydrogen) atoms. The van der Waals surface area contributed by atoms with E-state index in [2.05, 4.69) is 10.3 Å². The van der Waals surface area contributed by atoms with Crippen LogP contribution in [-0.2, 0) is 16.1 Å². The molecule has 0 saturated heterocycles. The van der Waals surface area contributed by atoms with Crippen LogP contribution in [0.2, 0.25) is 0 Å². The number of thiophene rings is 1. The molecule has 0 saturated carbocycles. The first-order valence-corrected chi connectivity index (χ1v) is 9.94. The number of nitrogens with one attached hydrogen (secondary N) is 1. The van der Waals surface area contributed by atoms with Crippen molar-refractivity contribution in [2.45, 2.75) is 32.9 Å². The molecule has 0 spiro atoms. The third kappa shape index (κ3) is 4.82. The second kappa shape index (κ2) is 9.07. The minimum Gasteiger partial charge on any atom is -0.379 e. The number of aromatic nitrogens is 2. The molecular formula is C20H22FN3O3S. The molecule has 6 nitrogen and oxygen atoms in total. The summed E-state index contributed by atoms with van der Waals surface area (Å²) >= 11 is 1.34. The average molecular weight is 403 g/mol. The predicted molar refractivity (Wildman–Crippen MR) is 108 cm³/mol. The van der Waals surface area contributed by atoms with Crippen molar-refractivity contribution in [1.82, 2.24) is 14.9 Å². The highest BCUT2D eigenvalue weighted by atomic mass is 32.1. The van der Waals surface area contributed by atoms with E-state index in [1.807, 2.05) is 19.2 Å². The first-order chi connectivity index (χ1) is 13.5. The van der Waals surface area contributed by atoms with Crippen molar-refractivity contribution in [3.8, 4) is 11.1 Å². The summed E-state index contributed by atoms with van der Waals surface area (Å²) in [4.78, 5) is 29.9. The molecule has 0 bridgehead atoms. The predicted octanol–water partition coefficient (Wildman–Crippen LogP) is 3.20. The molecule has 0 aliphatic rings. The fraction of sp³-hybridized carbons (Fsp3) is 0.350. The molecule has 3 aromatic rings. The molecule has 1 aromatic carbocycles. The third-order valence-electron chi connectivity index (χ3n) is 4.12. The van der Waals surface area contributed by atoms with Crippen molar-refractivity contribution in [1.29, 1.82) is 0 Å². The summed E-state index contributed by atoms with van der Waals surface area (Å²) in [5.74, 6) is -0.597. The molecule has 0 unspecified atom stereocenters. The lowest BCUT2D eigenvalue weighted by molar-refractivity contribution is -0.121. The van der Waals surface area contributed by atoms with E-state index < -0.39 is 0 Å². The summed E-state index contributed by atoms with van der Waals surface area (Å²) < 4.78 is 19.9. The SMILES string of the molecule is CC(C)OCCCNC(=O)Cn1cnc2scc(-c3ccc(F)cc3)c2c1=O. The van der Waals surface area contributed by atoms with Crippen LogP contribution in [0.1, 0.15) is 20.3 Å². The highest BCUT2D eigenvalue weighted by Gasteiger charge is 2.14. The number of hydrogen-bond donors (Lipinski definition) is 1. The minimum absolute atomic E-state index is 0.106. The Morgan fingerprint density at radius 3 is 2.79 bits per heavy atom. The van der Waals surface area contributed by atoms with Crippen molar-refractivity contribution in [2.24, 2.45) is 0 Å². The van der Waals surface area contributed by atoms with Gasteiger partial charge in [-0.3, -0.25) is 14.2 Å². The zero-order valence-electron chi connectivity index (χ0n) is 15.8. The Morgan fingerprint density at radius 2 is 2.07 bits per heavy atom. The van der Waals surface area contributed by atoms with E-state index in [0.717, 1.165) is 5.56 Å². The molecule has 1 N–H and O–H groups in total. The van der Waals surface area contributed by atoms with Crippen molar-refractivity contribution in [3.05, 3.63) is 52.1 Å². The van der Waals surface area contributed by atoms with Gasteiger partial charge in [0, 0.05) is 24.1 Å². The van der Waals surface area contributed by atoms with Crippen LogP contribution >= 0.6 is 11.3 Å². The maximum absolute atomic E-state index is 13.2. The topological polar surface area (TPSA) is 73.2 Å². The molecule has 0 fully saturated rings. The molecule has 0 aliphatic carbocycles. The second-order valence-electron chi connectivity index (χ2n) is 6.64. The van der Waals surface area contributed by atoms with E-state index in [4.69, 9.17) is 4.74 Å². The van der Waals surface area contributed by atoms with E-state index in [0.29, 0.717) is 35.4 Å². The van der Waals surface area contributed by atoms with E-state index in [-0.39, 0.29) is 29.9 Å². The van der Waals surface area contributed by atoms with Crippen molar-refractivity contribution in [2.75, 3.05) is 13.2 Å². The molecule has 3 rings (SSSR count). The van der Waals surface area contributed by atoms with Crippen LogP contribution in [0, 0.1) is 5.82 Å². The van der Waals surface area contributed by atoms with E-state index >= 15 is 0 Å². The lowest BCUT2D eigenvalue weighted by Crippen LogP contribution is -2.33. The quantitative estimate of drug-likeness (QED) is 0.586. The second-order valence-corrected chi connectivity index (χ2v) is 7.50. The van der Waals surface area contributed by atoms with Crippen molar-refractivity contribution < 1.29 is 13.9 Å². The van der Waals surface area contributed by atoms with Crippen LogP contribution in [-0.4, -0.2) is 34.7 Å². The lowest BCUT2D eigenvalue weighted by Gasteiger charge is -2.09. The Hall–Kier alpha value is -2.58. The van der Waals surface area contributed by atoms with Gasteiger partial charge in [-0.15, -0.1) is 11.3 Å². The largest absolute Gasteiger partial charge is 0.379 e. The minimum atomic E-state index is -0.339. The molecule has 148 valence electrons. The highest BCUT2D eigenvalue weighted by molar-refractivity contribution is 7.17. The number of ether oxygens (including phenoxy) is 1. The molecule has 2 heterocycles. The van der Waals surface area contributed by atoms with Gasteiger partial charge >= 0.3 is 0 Å². The maximum Gasteiger partial charge on any atom is 0.263 e. The standard InChI is InChI=1S/C20H22FN3O3S/c1-13(2)27-9-3-8-22-17(25)10-24-12-23-19-18(20(24)26)16(11-28-19)14-4-6-15(21)7-5-14/h4-7,11-13H,3,8-10H2,1-2H3,(H,22,25). The number of fused-ring (bicyclic) bond motifs is 1. The number of carbonyl (C=O) groups excluding carboxylic acids is 1. The Morgan fingerprint density at radius 1 is 1.32 bits per heavy atom. The Bertz CT molecular complexity index is 1010. The summed E-state index contributed by atoms with van der Waals surface area (Å²) in [6.45, 7) is 4.86. The van der Waals surface area contributed by atoms with Gasteiger partial charge in [-0.2, -0.15) is 0 Å². The molecular weight excluding hydrogens is 381 g/mol. The highest BCUT2D eigenvalue weighted by Crippen LogP contribution is 2.30. The van der Waals surface area contributed by atoms with Gasteiger partial charge in [-0.1, -0.05) is 12.1 Å². The van der Waals surface area contributed by atoms with Gasteiger partial charge < -0.3 is 10.1 Å². The van der Waals surface area contributed by atoms with Crippen LogP contribution in [0.3, 0.4) is 0 Å². The van der Waals surface area contributed by atoms with E-state index in [1.54, 1.807) is 12.1 Å². The van der Waals surface area contributed by atoms with Gasteiger partial charge in [0.1, 0.15) is 17.2 Å². The number of carbonyl (C=O) groups is 1. The monoisotopic (exact) mass is 403 g/mol. The number of amides is 1.